The standard InChI is InChI=1S/C24H18Cl2N2O5S/c1-15-3-7-19(8-4-15)34(30,31)33-23-12-16(5-10-22(23)32-2)11-17(14-27)24(29)28-18-6-9-20(25)21(26)13-18/h3-13H,1-2H3,(H,28,29)/b17-11+. The normalized spacial score (nSPS) is 11.4. The first-order valence-electron chi connectivity index (χ1n) is 9.70. The van der Waals surface area contributed by atoms with Crippen molar-refractivity contribution in [2.75, 3.05) is 12.4 Å². The molecule has 0 radical (unpaired) electrons. The van der Waals surface area contributed by atoms with E-state index in [-0.39, 0.29) is 27.0 Å². The van der Waals surface area contributed by atoms with Crippen molar-refractivity contribution in [3.8, 4) is 17.6 Å². The first-order chi connectivity index (χ1) is 16.1. The van der Waals surface area contributed by atoms with Crippen molar-refractivity contribution in [2.45, 2.75) is 11.8 Å². The SMILES string of the molecule is COc1ccc(/C=C(\C#N)C(=O)Nc2ccc(Cl)c(Cl)c2)cc1OS(=O)(=O)c1ccc(C)cc1. The van der Waals surface area contributed by atoms with Crippen molar-refractivity contribution in [1.29, 1.82) is 5.26 Å². The van der Waals surface area contributed by atoms with E-state index in [0.717, 1.165) is 5.56 Å². The number of benzene rings is 3. The van der Waals surface area contributed by atoms with Gasteiger partial charge in [-0.15, -0.1) is 0 Å². The van der Waals surface area contributed by atoms with E-state index in [1.807, 2.05) is 13.0 Å². The van der Waals surface area contributed by atoms with Crippen LogP contribution in [0, 0.1) is 18.3 Å². The molecule has 0 bridgehead atoms. The van der Waals surface area contributed by atoms with Crippen LogP contribution in [0.5, 0.6) is 11.5 Å². The third-order valence-electron chi connectivity index (χ3n) is 4.55. The van der Waals surface area contributed by atoms with Crippen LogP contribution in [0.2, 0.25) is 10.0 Å². The molecule has 3 aromatic carbocycles. The number of halogens is 2. The Morgan fingerprint density at radius 2 is 1.71 bits per heavy atom. The van der Waals surface area contributed by atoms with E-state index in [1.54, 1.807) is 18.2 Å². The predicted molar refractivity (Wildman–Crippen MR) is 131 cm³/mol. The summed E-state index contributed by atoms with van der Waals surface area (Å²) in [4.78, 5) is 12.5. The first kappa shape index (κ1) is 25.1. The number of hydrogen-bond donors (Lipinski definition) is 1. The highest BCUT2D eigenvalue weighted by Gasteiger charge is 2.20. The van der Waals surface area contributed by atoms with E-state index in [0.29, 0.717) is 16.3 Å². The van der Waals surface area contributed by atoms with Gasteiger partial charge in [0.1, 0.15) is 16.5 Å². The van der Waals surface area contributed by atoms with E-state index in [2.05, 4.69) is 5.32 Å². The van der Waals surface area contributed by atoms with Crippen LogP contribution < -0.4 is 14.2 Å². The second kappa shape index (κ2) is 10.6. The zero-order valence-corrected chi connectivity index (χ0v) is 20.3. The van der Waals surface area contributed by atoms with Gasteiger partial charge in [0, 0.05) is 5.69 Å². The van der Waals surface area contributed by atoms with Gasteiger partial charge >= 0.3 is 10.1 Å². The summed E-state index contributed by atoms with van der Waals surface area (Å²) >= 11 is 11.8. The fraction of sp³-hybridized carbons (Fsp3) is 0.0833. The zero-order chi connectivity index (χ0) is 24.9. The highest BCUT2D eigenvalue weighted by molar-refractivity contribution is 7.87. The molecule has 0 fully saturated rings. The van der Waals surface area contributed by atoms with E-state index in [4.69, 9.17) is 32.1 Å². The van der Waals surface area contributed by atoms with Crippen LogP contribution in [-0.2, 0) is 14.9 Å². The summed E-state index contributed by atoms with van der Waals surface area (Å²) in [6.07, 6.45) is 1.29. The van der Waals surface area contributed by atoms with Crippen LogP contribution in [0.15, 0.2) is 71.1 Å². The van der Waals surface area contributed by atoms with Gasteiger partial charge in [0.2, 0.25) is 0 Å². The van der Waals surface area contributed by atoms with Gasteiger partial charge in [0.05, 0.1) is 17.2 Å². The third-order valence-corrected chi connectivity index (χ3v) is 6.54. The molecule has 34 heavy (non-hydrogen) atoms. The van der Waals surface area contributed by atoms with Gasteiger partial charge < -0.3 is 14.2 Å². The molecule has 3 rings (SSSR count). The topological polar surface area (TPSA) is 105 Å². The average molecular weight is 517 g/mol. The maximum Gasteiger partial charge on any atom is 0.339 e. The monoisotopic (exact) mass is 516 g/mol. The highest BCUT2D eigenvalue weighted by atomic mass is 35.5. The molecule has 0 saturated carbocycles. The minimum atomic E-state index is -4.15. The summed E-state index contributed by atoms with van der Waals surface area (Å²) in [5, 5.41) is 12.6. The molecule has 0 saturated heterocycles. The molecule has 1 amide bonds. The summed E-state index contributed by atoms with van der Waals surface area (Å²) in [6.45, 7) is 1.83. The molecule has 0 heterocycles. The van der Waals surface area contributed by atoms with Crippen molar-refractivity contribution in [2.24, 2.45) is 0 Å². The lowest BCUT2D eigenvalue weighted by Crippen LogP contribution is -2.13. The number of carbonyl (C=O) groups is 1. The Bertz CT molecular complexity index is 1410. The molecule has 0 aromatic heterocycles. The van der Waals surface area contributed by atoms with Gasteiger partial charge in [0.25, 0.3) is 5.91 Å². The Labute approximate surface area is 207 Å². The predicted octanol–water partition coefficient (Wildman–Crippen LogP) is 5.62. The molecule has 0 atom stereocenters. The van der Waals surface area contributed by atoms with Gasteiger partial charge in [0.15, 0.2) is 11.5 Å². The maximum atomic E-state index is 12.7. The number of methoxy groups -OCH3 is 1. The first-order valence-corrected chi connectivity index (χ1v) is 11.9. The summed E-state index contributed by atoms with van der Waals surface area (Å²) in [6, 6.07) is 16.9. The molecule has 7 nitrogen and oxygen atoms in total. The number of anilines is 1. The number of amides is 1. The van der Waals surface area contributed by atoms with Gasteiger partial charge in [-0.05, 0) is 61.0 Å². The molecule has 10 heteroatoms. The Balaban J connectivity index is 1.89. The smallest absolute Gasteiger partial charge is 0.339 e. The Morgan fingerprint density at radius 1 is 1.00 bits per heavy atom. The molecule has 0 unspecified atom stereocenters. The summed E-state index contributed by atoms with van der Waals surface area (Å²) < 4.78 is 35.9. The fourth-order valence-corrected chi connectivity index (χ4v) is 4.04. The lowest BCUT2D eigenvalue weighted by Gasteiger charge is -2.12. The second-order valence-corrected chi connectivity index (χ2v) is 9.37. The largest absolute Gasteiger partial charge is 0.493 e. The van der Waals surface area contributed by atoms with Crippen molar-refractivity contribution in [1.82, 2.24) is 0 Å². The highest BCUT2D eigenvalue weighted by Crippen LogP contribution is 2.32. The average Bonchev–Trinajstić information content (AvgIpc) is 2.80. The van der Waals surface area contributed by atoms with Crippen LogP contribution in [0.3, 0.4) is 0 Å². The number of aryl methyl sites for hydroxylation is 1. The van der Waals surface area contributed by atoms with E-state index < -0.39 is 16.0 Å². The van der Waals surface area contributed by atoms with E-state index in [1.165, 1.54) is 55.7 Å². The fourth-order valence-electron chi connectivity index (χ4n) is 2.81. The van der Waals surface area contributed by atoms with E-state index in [9.17, 15) is 18.5 Å². The van der Waals surface area contributed by atoms with Crippen LogP contribution >= 0.6 is 23.2 Å². The van der Waals surface area contributed by atoms with Crippen LogP contribution in [-0.4, -0.2) is 21.4 Å². The van der Waals surface area contributed by atoms with Crippen molar-refractivity contribution >= 4 is 51.0 Å². The van der Waals surface area contributed by atoms with Gasteiger partial charge in [-0.25, -0.2) is 0 Å². The lowest BCUT2D eigenvalue weighted by molar-refractivity contribution is -0.112. The molecular formula is C24H18Cl2N2O5S. The summed E-state index contributed by atoms with van der Waals surface area (Å²) in [5.74, 6) is -0.628. The van der Waals surface area contributed by atoms with Gasteiger partial charge in [-0.2, -0.15) is 13.7 Å². The third kappa shape index (κ3) is 6.08. The molecule has 0 aliphatic heterocycles. The number of carbonyl (C=O) groups excluding carboxylic acids is 1. The molecule has 0 aliphatic carbocycles. The van der Waals surface area contributed by atoms with Crippen molar-refractivity contribution < 1.29 is 22.1 Å². The number of rotatable bonds is 7. The summed E-state index contributed by atoms with van der Waals surface area (Å²) in [5.41, 5.74) is 1.36. The molecular weight excluding hydrogens is 499 g/mol. The lowest BCUT2D eigenvalue weighted by atomic mass is 10.1. The maximum absolute atomic E-state index is 12.7. The second-order valence-electron chi connectivity index (χ2n) is 7.01. The molecule has 174 valence electrons. The Hall–Kier alpha value is -3.51. The van der Waals surface area contributed by atoms with Crippen LogP contribution in [0.4, 0.5) is 5.69 Å². The quantitative estimate of drug-likeness (QED) is 0.248. The zero-order valence-electron chi connectivity index (χ0n) is 18.0. The van der Waals surface area contributed by atoms with Gasteiger partial charge in [-0.1, -0.05) is 47.0 Å². The number of nitrogens with one attached hydrogen (secondary N) is 1. The molecule has 1 N–H and O–H groups in total. The van der Waals surface area contributed by atoms with Crippen molar-refractivity contribution in [3.05, 3.63) is 87.4 Å². The molecule has 0 spiro atoms. The van der Waals surface area contributed by atoms with Crippen LogP contribution in [0.25, 0.3) is 6.08 Å². The van der Waals surface area contributed by atoms with Crippen LogP contribution in [0.1, 0.15) is 11.1 Å². The Morgan fingerprint density at radius 3 is 2.32 bits per heavy atom. The summed E-state index contributed by atoms with van der Waals surface area (Å²) in [7, 11) is -2.78. The Kier molecular flexibility index (Phi) is 7.84. The minimum Gasteiger partial charge on any atom is -0.493 e. The van der Waals surface area contributed by atoms with Crippen molar-refractivity contribution in [3.63, 3.8) is 0 Å². The number of hydrogen-bond acceptors (Lipinski definition) is 6. The molecule has 0 aliphatic rings. The van der Waals surface area contributed by atoms with Gasteiger partial charge in [-0.3, -0.25) is 4.79 Å². The molecule has 3 aromatic rings. The number of nitriles is 1. The number of nitrogens with zero attached hydrogens (tertiary/aromatic N) is 1. The minimum absolute atomic E-state index is 0.0279. The van der Waals surface area contributed by atoms with E-state index >= 15 is 0 Å². The number of ether oxygens (including phenoxy) is 1.